The van der Waals surface area contributed by atoms with Crippen LogP contribution in [0.5, 0.6) is 5.75 Å². The summed E-state index contributed by atoms with van der Waals surface area (Å²) < 4.78 is 10.6. The monoisotopic (exact) mass is 328 g/mol. The molecular formula is C19H24N2O3. The Morgan fingerprint density at radius 1 is 1.12 bits per heavy atom. The Morgan fingerprint density at radius 3 is 2.67 bits per heavy atom. The third-order valence-corrected chi connectivity index (χ3v) is 3.50. The molecule has 0 bridgehead atoms. The second kappa shape index (κ2) is 9.70. The summed E-state index contributed by atoms with van der Waals surface area (Å²) in [5.41, 5.74) is 7.70. The van der Waals surface area contributed by atoms with Crippen LogP contribution in [0.2, 0.25) is 0 Å². The van der Waals surface area contributed by atoms with Gasteiger partial charge in [0.15, 0.2) is 0 Å². The summed E-state index contributed by atoms with van der Waals surface area (Å²) in [7, 11) is 1.66. The SMILES string of the molecule is COCCCOc1cccc(NC(=O)[C@@H](N)Cc2ccccc2)c1. The van der Waals surface area contributed by atoms with Crippen LogP contribution in [0.25, 0.3) is 0 Å². The first-order chi connectivity index (χ1) is 11.7. The molecule has 3 N–H and O–H groups in total. The van der Waals surface area contributed by atoms with E-state index < -0.39 is 6.04 Å². The average molecular weight is 328 g/mol. The molecule has 0 unspecified atom stereocenters. The first-order valence-electron chi connectivity index (χ1n) is 8.01. The van der Waals surface area contributed by atoms with E-state index in [1.165, 1.54) is 0 Å². The van der Waals surface area contributed by atoms with Crippen molar-refractivity contribution in [2.45, 2.75) is 18.9 Å². The summed E-state index contributed by atoms with van der Waals surface area (Å²) >= 11 is 0. The molecule has 2 aromatic rings. The van der Waals surface area contributed by atoms with Gasteiger partial charge in [-0.3, -0.25) is 4.79 Å². The average Bonchev–Trinajstić information content (AvgIpc) is 2.60. The number of carbonyl (C=O) groups is 1. The third-order valence-electron chi connectivity index (χ3n) is 3.50. The molecule has 0 saturated carbocycles. The number of nitrogens with two attached hydrogens (primary N) is 1. The molecule has 0 radical (unpaired) electrons. The zero-order valence-corrected chi connectivity index (χ0v) is 13.9. The molecule has 2 rings (SSSR count). The van der Waals surface area contributed by atoms with Gasteiger partial charge in [-0.25, -0.2) is 0 Å². The zero-order valence-electron chi connectivity index (χ0n) is 13.9. The minimum atomic E-state index is -0.598. The van der Waals surface area contributed by atoms with Crippen LogP contribution < -0.4 is 15.8 Å². The van der Waals surface area contributed by atoms with Crippen LogP contribution in [-0.2, 0) is 16.0 Å². The van der Waals surface area contributed by atoms with Crippen LogP contribution in [0.1, 0.15) is 12.0 Å². The number of hydrogen-bond acceptors (Lipinski definition) is 4. The van der Waals surface area contributed by atoms with Crippen LogP contribution in [0, 0.1) is 0 Å². The minimum absolute atomic E-state index is 0.213. The fourth-order valence-corrected chi connectivity index (χ4v) is 2.25. The number of ether oxygens (including phenoxy) is 2. The Kier molecular flexibility index (Phi) is 7.26. The fraction of sp³-hybridized carbons (Fsp3) is 0.316. The van der Waals surface area contributed by atoms with Crippen molar-refractivity contribution in [3.05, 3.63) is 60.2 Å². The molecule has 0 aliphatic heterocycles. The van der Waals surface area contributed by atoms with Crippen LogP contribution >= 0.6 is 0 Å². The molecule has 5 heteroatoms. The standard InChI is InChI=1S/C19H24N2O3/c1-23-11-6-12-24-17-10-5-9-16(14-17)21-19(22)18(20)13-15-7-3-2-4-8-15/h2-5,7-10,14,18H,6,11-13,20H2,1H3,(H,21,22)/t18-/m0/s1. The van der Waals surface area contributed by atoms with E-state index in [4.69, 9.17) is 15.2 Å². The van der Waals surface area contributed by atoms with E-state index in [1.807, 2.05) is 48.5 Å². The molecular weight excluding hydrogens is 304 g/mol. The van der Waals surface area contributed by atoms with Crippen LogP contribution in [0.3, 0.4) is 0 Å². The number of carbonyl (C=O) groups excluding carboxylic acids is 1. The van der Waals surface area contributed by atoms with E-state index in [0.717, 1.165) is 12.0 Å². The lowest BCUT2D eigenvalue weighted by Gasteiger charge is -2.13. The normalized spacial score (nSPS) is 11.8. The van der Waals surface area contributed by atoms with E-state index in [0.29, 0.717) is 31.1 Å². The van der Waals surface area contributed by atoms with Gasteiger partial charge in [0.25, 0.3) is 0 Å². The van der Waals surface area contributed by atoms with Crippen LogP contribution in [0.4, 0.5) is 5.69 Å². The number of methoxy groups -OCH3 is 1. The van der Waals surface area contributed by atoms with E-state index in [-0.39, 0.29) is 5.91 Å². The smallest absolute Gasteiger partial charge is 0.241 e. The molecule has 0 heterocycles. The highest BCUT2D eigenvalue weighted by Crippen LogP contribution is 2.18. The molecule has 0 spiro atoms. The maximum absolute atomic E-state index is 12.2. The summed E-state index contributed by atoms with van der Waals surface area (Å²) in [5.74, 6) is 0.496. The Bertz CT molecular complexity index is 632. The Labute approximate surface area is 142 Å². The molecule has 2 aromatic carbocycles. The number of rotatable bonds is 9. The van der Waals surface area contributed by atoms with E-state index in [9.17, 15) is 4.79 Å². The summed E-state index contributed by atoms with van der Waals surface area (Å²) in [6.07, 6.45) is 1.31. The summed E-state index contributed by atoms with van der Waals surface area (Å²) in [6, 6.07) is 16.4. The number of amides is 1. The van der Waals surface area contributed by atoms with Crippen molar-refractivity contribution in [2.24, 2.45) is 5.73 Å². The van der Waals surface area contributed by atoms with Gasteiger partial charge in [0.05, 0.1) is 12.6 Å². The van der Waals surface area contributed by atoms with Gasteiger partial charge in [-0.05, 0) is 24.1 Å². The van der Waals surface area contributed by atoms with Crippen LogP contribution in [0.15, 0.2) is 54.6 Å². The lowest BCUT2D eigenvalue weighted by molar-refractivity contribution is -0.117. The Morgan fingerprint density at radius 2 is 1.92 bits per heavy atom. The Hall–Kier alpha value is -2.37. The molecule has 0 aliphatic rings. The summed E-state index contributed by atoms with van der Waals surface area (Å²) in [5, 5.41) is 2.84. The second-order valence-corrected chi connectivity index (χ2v) is 5.51. The first-order valence-corrected chi connectivity index (χ1v) is 8.01. The molecule has 1 atom stereocenters. The first kappa shape index (κ1) is 18.0. The summed E-state index contributed by atoms with van der Waals surface area (Å²) in [4.78, 5) is 12.2. The van der Waals surface area contributed by atoms with Crippen molar-refractivity contribution in [1.29, 1.82) is 0 Å². The molecule has 1 amide bonds. The van der Waals surface area contributed by atoms with E-state index >= 15 is 0 Å². The summed E-state index contributed by atoms with van der Waals surface area (Å²) in [6.45, 7) is 1.23. The van der Waals surface area contributed by atoms with Crippen molar-refractivity contribution in [3.8, 4) is 5.75 Å². The van der Waals surface area contributed by atoms with Gasteiger partial charge in [0.1, 0.15) is 5.75 Å². The third kappa shape index (κ3) is 6.02. The predicted octanol–water partition coefficient (Wildman–Crippen LogP) is 2.61. The molecule has 0 aromatic heterocycles. The van der Waals surface area contributed by atoms with Crippen molar-refractivity contribution in [1.82, 2.24) is 0 Å². The molecule has 24 heavy (non-hydrogen) atoms. The fourth-order valence-electron chi connectivity index (χ4n) is 2.25. The topological polar surface area (TPSA) is 73.6 Å². The highest BCUT2D eigenvalue weighted by Gasteiger charge is 2.14. The lowest BCUT2D eigenvalue weighted by atomic mass is 10.1. The van der Waals surface area contributed by atoms with Gasteiger partial charge < -0.3 is 20.5 Å². The molecule has 0 aliphatic carbocycles. The highest BCUT2D eigenvalue weighted by molar-refractivity contribution is 5.95. The van der Waals surface area contributed by atoms with E-state index in [2.05, 4.69) is 5.32 Å². The maximum atomic E-state index is 12.2. The van der Waals surface area contributed by atoms with Crippen molar-refractivity contribution < 1.29 is 14.3 Å². The number of benzene rings is 2. The van der Waals surface area contributed by atoms with Gasteiger partial charge in [-0.15, -0.1) is 0 Å². The highest BCUT2D eigenvalue weighted by atomic mass is 16.5. The molecule has 5 nitrogen and oxygen atoms in total. The van der Waals surface area contributed by atoms with Crippen LogP contribution in [-0.4, -0.2) is 32.3 Å². The zero-order chi connectivity index (χ0) is 17.2. The minimum Gasteiger partial charge on any atom is -0.493 e. The van der Waals surface area contributed by atoms with E-state index in [1.54, 1.807) is 13.2 Å². The molecule has 128 valence electrons. The van der Waals surface area contributed by atoms with Gasteiger partial charge in [-0.2, -0.15) is 0 Å². The molecule has 0 saturated heterocycles. The number of hydrogen-bond donors (Lipinski definition) is 2. The maximum Gasteiger partial charge on any atom is 0.241 e. The number of anilines is 1. The Balaban J connectivity index is 1.86. The van der Waals surface area contributed by atoms with Crippen molar-refractivity contribution >= 4 is 11.6 Å². The van der Waals surface area contributed by atoms with Gasteiger partial charge >= 0.3 is 0 Å². The van der Waals surface area contributed by atoms with Crippen molar-refractivity contribution in [3.63, 3.8) is 0 Å². The second-order valence-electron chi connectivity index (χ2n) is 5.51. The molecule has 0 fully saturated rings. The predicted molar refractivity (Wildman–Crippen MR) is 95.2 cm³/mol. The van der Waals surface area contributed by atoms with Crippen molar-refractivity contribution in [2.75, 3.05) is 25.6 Å². The number of nitrogens with one attached hydrogen (secondary N) is 1. The van der Waals surface area contributed by atoms with Gasteiger partial charge in [0.2, 0.25) is 5.91 Å². The lowest BCUT2D eigenvalue weighted by Crippen LogP contribution is -2.37. The largest absolute Gasteiger partial charge is 0.493 e. The van der Waals surface area contributed by atoms with Gasteiger partial charge in [0, 0.05) is 31.9 Å². The van der Waals surface area contributed by atoms with Gasteiger partial charge in [-0.1, -0.05) is 36.4 Å². The quantitative estimate of drug-likeness (QED) is 0.694.